The fourth-order valence-corrected chi connectivity index (χ4v) is 3.40. The highest BCUT2D eigenvalue weighted by molar-refractivity contribution is 7.89. The molecule has 8 heteroatoms. The molecule has 2 rings (SSSR count). The van der Waals surface area contributed by atoms with Gasteiger partial charge in [0.25, 0.3) is 0 Å². The monoisotopic (exact) mass is 301 g/mol. The van der Waals surface area contributed by atoms with Gasteiger partial charge in [0.2, 0.25) is 10.0 Å². The summed E-state index contributed by atoms with van der Waals surface area (Å²) in [6, 6.07) is 5.03. The Morgan fingerprint density at radius 1 is 1.35 bits per heavy atom. The van der Waals surface area contributed by atoms with Crippen molar-refractivity contribution in [3.05, 3.63) is 29.8 Å². The number of morpholine rings is 1. The number of ether oxygens (including phenoxy) is 1. The van der Waals surface area contributed by atoms with Crippen LogP contribution in [0.5, 0.6) is 0 Å². The van der Waals surface area contributed by atoms with Gasteiger partial charge in [-0.25, -0.2) is 13.2 Å². The number of rotatable bonds is 4. The summed E-state index contributed by atoms with van der Waals surface area (Å²) >= 11 is 0. The van der Waals surface area contributed by atoms with E-state index in [2.05, 4.69) is 0 Å². The third-order valence-electron chi connectivity index (χ3n) is 3.04. The maximum absolute atomic E-state index is 12.4. The lowest BCUT2D eigenvalue weighted by atomic mass is 10.2. The van der Waals surface area contributed by atoms with Crippen LogP contribution in [0.25, 0.3) is 0 Å². The molecule has 0 spiro atoms. The molecule has 7 nitrogen and oxygen atoms in total. The largest absolute Gasteiger partial charge is 0.478 e. The van der Waals surface area contributed by atoms with Crippen molar-refractivity contribution in [2.24, 2.45) is 0 Å². The van der Waals surface area contributed by atoms with Gasteiger partial charge >= 0.3 is 5.97 Å². The van der Waals surface area contributed by atoms with Gasteiger partial charge in [-0.05, 0) is 24.3 Å². The number of aliphatic hydroxyl groups excluding tert-OH is 1. The second kappa shape index (κ2) is 5.88. The Hall–Kier alpha value is -1.48. The maximum Gasteiger partial charge on any atom is 0.335 e. The Labute approximate surface area is 116 Å². The summed E-state index contributed by atoms with van der Waals surface area (Å²) < 4.78 is 31.2. The Kier molecular flexibility index (Phi) is 4.39. The van der Waals surface area contributed by atoms with Crippen molar-refractivity contribution in [2.45, 2.75) is 11.0 Å². The van der Waals surface area contributed by atoms with E-state index in [1.165, 1.54) is 28.6 Å². The van der Waals surface area contributed by atoms with Crippen LogP contribution in [-0.4, -0.2) is 61.3 Å². The molecule has 1 atom stereocenters. The molecule has 20 heavy (non-hydrogen) atoms. The molecule has 1 heterocycles. The molecule has 1 aromatic rings. The molecule has 1 unspecified atom stereocenters. The highest BCUT2D eigenvalue weighted by Gasteiger charge is 2.30. The fraction of sp³-hybridized carbons (Fsp3) is 0.417. The molecule has 0 saturated carbocycles. The number of carboxylic acid groups (broad SMARTS) is 1. The molecule has 2 N–H and O–H groups in total. The summed E-state index contributed by atoms with van der Waals surface area (Å²) in [6.07, 6.45) is -0.531. The van der Waals surface area contributed by atoms with Gasteiger partial charge in [-0.15, -0.1) is 0 Å². The number of hydrogen-bond acceptors (Lipinski definition) is 5. The summed E-state index contributed by atoms with van der Waals surface area (Å²) in [5, 5.41) is 17.8. The van der Waals surface area contributed by atoms with Crippen LogP contribution in [0.2, 0.25) is 0 Å². The van der Waals surface area contributed by atoms with Gasteiger partial charge in [0.15, 0.2) is 0 Å². The predicted molar refractivity (Wildman–Crippen MR) is 69.0 cm³/mol. The first-order valence-electron chi connectivity index (χ1n) is 6.01. The second-order valence-corrected chi connectivity index (χ2v) is 6.31. The third kappa shape index (κ3) is 2.98. The maximum atomic E-state index is 12.4. The molecular formula is C12H15NO6S. The summed E-state index contributed by atoms with van der Waals surface area (Å²) in [4.78, 5) is 10.8. The van der Waals surface area contributed by atoms with Crippen molar-refractivity contribution in [1.29, 1.82) is 0 Å². The van der Waals surface area contributed by atoms with Crippen molar-refractivity contribution < 1.29 is 28.2 Å². The number of benzene rings is 1. The molecule has 0 bridgehead atoms. The fourth-order valence-electron chi connectivity index (χ4n) is 1.94. The Morgan fingerprint density at radius 3 is 2.55 bits per heavy atom. The zero-order valence-electron chi connectivity index (χ0n) is 10.6. The van der Waals surface area contributed by atoms with Crippen molar-refractivity contribution in [1.82, 2.24) is 4.31 Å². The molecule has 1 aromatic carbocycles. The van der Waals surface area contributed by atoms with Crippen LogP contribution in [-0.2, 0) is 14.8 Å². The minimum Gasteiger partial charge on any atom is -0.478 e. The first-order chi connectivity index (χ1) is 9.45. The van der Waals surface area contributed by atoms with Crippen molar-refractivity contribution in [2.75, 3.05) is 26.3 Å². The number of sulfonamides is 1. The average molecular weight is 301 g/mol. The predicted octanol–water partition coefficient (Wildman–Crippen LogP) is -0.233. The zero-order valence-corrected chi connectivity index (χ0v) is 11.4. The molecule has 1 aliphatic rings. The molecule has 0 amide bonds. The van der Waals surface area contributed by atoms with E-state index in [0.29, 0.717) is 0 Å². The molecule has 110 valence electrons. The van der Waals surface area contributed by atoms with Gasteiger partial charge in [0.1, 0.15) is 0 Å². The van der Waals surface area contributed by atoms with Crippen LogP contribution in [0.3, 0.4) is 0 Å². The van der Waals surface area contributed by atoms with E-state index in [0.717, 1.165) is 0 Å². The lowest BCUT2D eigenvalue weighted by Gasteiger charge is -2.31. The SMILES string of the molecule is O=C(O)c1ccc(S(=O)(=O)N2CCOC(CO)C2)cc1. The minimum absolute atomic E-state index is 0.0270. The molecule has 1 saturated heterocycles. The lowest BCUT2D eigenvalue weighted by molar-refractivity contribution is -0.0304. The van der Waals surface area contributed by atoms with E-state index in [9.17, 15) is 13.2 Å². The van der Waals surface area contributed by atoms with Gasteiger partial charge < -0.3 is 14.9 Å². The molecule has 1 aliphatic heterocycles. The van der Waals surface area contributed by atoms with Crippen LogP contribution < -0.4 is 0 Å². The number of aliphatic hydroxyl groups is 1. The Balaban J connectivity index is 2.23. The van der Waals surface area contributed by atoms with Crippen molar-refractivity contribution in [3.8, 4) is 0 Å². The highest BCUT2D eigenvalue weighted by Crippen LogP contribution is 2.19. The number of carbonyl (C=O) groups is 1. The number of carboxylic acids is 1. The smallest absolute Gasteiger partial charge is 0.335 e. The second-order valence-electron chi connectivity index (χ2n) is 4.37. The van der Waals surface area contributed by atoms with Crippen LogP contribution in [0.4, 0.5) is 0 Å². The van der Waals surface area contributed by atoms with E-state index in [-0.39, 0.29) is 36.8 Å². The standard InChI is InChI=1S/C12H15NO6S/c14-8-10-7-13(5-6-19-10)20(17,18)11-3-1-9(2-4-11)12(15)16/h1-4,10,14H,5-8H2,(H,15,16). The van der Waals surface area contributed by atoms with Gasteiger partial charge in [0, 0.05) is 13.1 Å². The number of aromatic carboxylic acids is 1. The average Bonchev–Trinajstić information content (AvgIpc) is 2.47. The van der Waals surface area contributed by atoms with Crippen molar-refractivity contribution >= 4 is 16.0 Å². The summed E-state index contributed by atoms with van der Waals surface area (Å²) in [5.74, 6) is -1.11. The van der Waals surface area contributed by atoms with Crippen LogP contribution in [0.15, 0.2) is 29.2 Å². The lowest BCUT2D eigenvalue weighted by Crippen LogP contribution is -2.46. The molecular weight excluding hydrogens is 286 g/mol. The van der Waals surface area contributed by atoms with Crippen LogP contribution >= 0.6 is 0 Å². The van der Waals surface area contributed by atoms with Crippen molar-refractivity contribution in [3.63, 3.8) is 0 Å². The Bertz CT molecular complexity index is 582. The summed E-state index contributed by atoms with van der Waals surface area (Å²) in [7, 11) is -3.70. The molecule has 1 fully saturated rings. The Morgan fingerprint density at radius 2 is 2.00 bits per heavy atom. The van der Waals surface area contributed by atoms with Gasteiger partial charge in [-0.3, -0.25) is 0 Å². The zero-order chi connectivity index (χ0) is 14.8. The molecule has 0 aromatic heterocycles. The van der Waals surface area contributed by atoms with Gasteiger partial charge in [-0.2, -0.15) is 4.31 Å². The van der Waals surface area contributed by atoms with E-state index in [1.807, 2.05) is 0 Å². The summed E-state index contributed by atoms with van der Waals surface area (Å²) in [6.45, 7) is 0.265. The van der Waals surface area contributed by atoms with Crippen LogP contribution in [0.1, 0.15) is 10.4 Å². The van der Waals surface area contributed by atoms with Crippen LogP contribution in [0, 0.1) is 0 Å². The van der Waals surface area contributed by atoms with E-state index >= 15 is 0 Å². The van der Waals surface area contributed by atoms with E-state index < -0.39 is 22.1 Å². The highest BCUT2D eigenvalue weighted by atomic mass is 32.2. The minimum atomic E-state index is -3.70. The number of nitrogens with zero attached hydrogens (tertiary/aromatic N) is 1. The normalized spacial score (nSPS) is 20.8. The topological polar surface area (TPSA) is 104 Å². The molecule has 0 radical (unpaired) electrons. The number of hydrogen-bond donors (Lipinski definition) is 2. The van der Waals surface area contributed by atoms with E-state index in [4.69, 9.17) is 14.9 Å². The molecule has 0 aliphatic carbocycles. The van der Waals surface area contributed by atoms with Gasteiger partial charge in [-0.1, -0.05) is 0 Å². The third-order valence-corrected chi connectivity index (χ3v) is 4.92. The first-order valence-corrected chi connectivity index (χ1v) is 7.45. The van der Waals surface area contributed by atoms with Gasteiger partial charge in [0.05, 0.1) is 29.8 Å². The quantitative estimate of drug-likeness (QED) is 0.796. The summed E-state index contributed by atoms with van der Waals surface area (Å²) in [5.41, 5.74) is 0.0270. The van der Waals surface area contributed by atoms with E-state index in [1.54, 1.807) is 0 Å². The first kappa shape index (κ1) is 14.9.